The smallest absolute Gasteiger partial charge is 0.478 e. The lowest BCUT2D eigenvalue weighted by atomic mass is 9.72. The topological polar surface area (TPSA) is 271 Å². The van der Waals surface area contributed by atoms with Crippen LogP contribution in [-0.4, -0.2) is 118 Å². The summed E-state index contributed by atoms with van der Waals surface area (Å²) >= 11 is 0. The Labute approximate surface area is 309 Å². The Kier molecular flexibility index (Phi) is 13.2. The molecule has 286 valence electrons. The molecule has 19 nitrogen and oxygen atoms in total. The molecule has 5 atom stereocenters. The molecule has 3 heterocycles. The predicted molar refractivity (Wildman–Crippen MR) is 186 cm³/mol. The van der Waals surface area contributed by atoms with Gasteiger partial charge in [0, 0.05) is 18.8 Å². The molecule has 0 spiro atoms. The van der Waals surface area contributed by atoms with Gasteiger partial charge in [-0.2, -0.15) is 0 Å². The first-order valence-electron chi connectivity index (χ1n) is 17.2. The zero-order valence-corrected chi connectivity index (χ0v) is 28.9. The zero-order chi connectivity index (χ0) is 38.9. The molecular weight excluding hydrogens is 712 g/mol. The van der Waals surface area contributed by atoms with Gasteiger partial charge in [0.15, 0.2) is 0 Å². The standard InChI is InChI=1S/C33H39B2N5O14/c41-26(42)16-22-9-11-24(34(50)53-22)36-29(45)28(20-6-2-1-3-7-20)38-32(48)40-14-13-39(30(46)31(40)47)21-8-4-5-19(15-21)18-52-33(49)37-25-12-10-23(17-27(43)44)54-35(25)51/h1-8,15,22-25,28,50-51H,9-14,16-18H2,(H,36,45)(H,37,49)(H,38,48)(H,41,42)(H,43,44)/t22-,23-,24-,25-,28+/m0/s1. The fourth-order valence-electron chi connectivity index (χ4n) is 6.36. The van der Waals surface area contributed by atoms with E-state index in [1.165, 1.54) is 6.07 Å². The minimum absolute atomic E-state index is 0.101. The van der Waals surface area contributed by atoms with Crippen molar-refractivity contribution in [2.75, 3.05) is 18.0 Å². The van der Waals surface area contributed by atoms with Crippen molar-refractivity contribution in [3.8, 4) is 0 Å². The molecule has 0 saturated carbocycles. The van der Waals surface area contributed by atoms with Crippen molar-refractivity contribution in [1.29, 1.82) is 0 Å². The van der Waals surface area contributed by atoms with E-state index in [1.54, 1.807) is 48.5 Å². The van der Waals surface area contributed by atoms with Crippen molar-refractivity contribution >= 4 is 61.7 Å². The molecule has 0 aromatic heterocycles. The first kappa shape index (κ1) is 39.7. The largest absolute Gasteiger partial charge is 0.481 e. The normalized spacial score (nSPS) is 22.3. The van der Waals surface area contributed by atoms with Crippen molar-refractivity contribution < 1.29 is 67.9 Å². The fraction of sp³-hybridized carbons (Fsp3) is 0.424. The van der Waals surface area contributed by atoms with E-state index in [4.69, 9.17) is 24.3 Å². The SMILES string of the molecule is O=C(O)C[C@@H]1CC[C@H](NC(=O)OCc2cccc(N3CCN(C(=O)N[C@@H](C(=O)N[C@H]4CC[C@@H](CC(=O)O)OB4O)c4ccccc4)C(=O)C3=O)c2)B(O)O1. The number of hydrogen-bond acceptors (Lipinski definition) is 12. The number of imide groups is 1. The third-order valence-electron chi connectivity index (χ3n) is 9.11. The van der Waals surface area contributed by atoms with Gasteiger partial charge in [0.25, 0.3) is 0 Å². The molecule has 3 fully saturated rings. The molecule has 3 aliphatic heterocycles. The molecule has 2 aromatic carbocycles. The summed E-state index contributed by atoms with van der Waals surface area (Å²) in [6.45, 7) is -0.580. The molecule has 54 heavy (non-hydrogen) atoms. The molecule has 3 saturated heterocycles. The highest BCUT2D eigenvalue weighted by molar-refractivity contribution is 6.46. The molecule has 0 unspecified atom stereocenters. The fourth-order valence-corrected chi connectivity index (χ4v) is 6.36. The van der Waals surface area contributed by atoms with Crippen LogP contribution in [-0.2, 0) is 44.6 Å². The van der Waals surface area contributed by atoms with E-state index >= 15 is 0 Å². The summed E-state index contributed by atoms with van der Waals surface area (Å²) in [4.78, 5) is 89.6. The van der Waals surface area contributed by atoms with Crippen LogP contribution in [0.1, 0.15) is 55.7 Å². The maximum atomic E-state index is 13.5. The lowest BCUT2D eigenvalue weighted by molar-refractivity contribution is -0.144. The predicted octanol–water partition coefficient (Wildman–Crippen LogP) is -0.261. The number of nitrogens with one attached hydrogen (secondary N) is 3. The molecule has 2 aromatic rings. The molecule has 21 heteroatoms. The van der Waals surface area contributed by atoms with E-state index in [0.717, 1.165) is 4.90 Å². The molecule has 3 aliphatic rings. The molecule has 7 N–H and O–H groups in total. The second kappa shape index (κ2) is 18.0. The molecule has 6 amide bonds. The summed E-state index contributed by atoms with van der Waals surface area (Å²) in [7, 11) is -2.92. The van der Waals surface area contributed by atoms with Crippen LogP contribution in [0.3, 0.4) is 0 Å². The van der Waals surface area contributed by atoms with Gasteiger partial charge in [-0.25, -0.2) is 9.59 Å². The van der Waals surface area contributed by atoms with Crippen LogP contribution in [0.5, 0.6) is 0 Å². The van der Waals surface area contributed by atoms with Gasteiger partial charge in [-0.05, 0) is 48.9 Å². The van der Waals surface area contributed by atoms with E-state index in [-0.39, 0.29) is 57.5 Å². The number of anilines is 1. The summed E-state index contributed by atoms with van der Waals surface area (Å²) in [6, 6.07) is 12.0. The van der Waals surface area contributed by atoms with Crippen LogP contribution in [0.4, 0.5) is 15.3 Å². The van der Waals surface area contributed by atoms with Gasteiger partial charge in [0.1, 0.15) is 12.6 Å². The Morgan fingerprint density at radius 2 is 1.41 bits per heavy atom. The Balaban J connectivity index is 1.16. The first-order valence-corrected chi connectivity index (χ1v) is 17.2. The van der Waals surface area contributed by atoms with E-state index in [2.05, 4.69) is 16.0 Å². The number of aliphatic carboxylic acids is 2. The van der Waals surface area contributed by atoms with Crippen molar-refractivity contribution in [1.82, 2.24) is 20.9 Å². The van der Waals surface area contributed by atoms with Crippen LogP contribution in [0.2, 0.25) is 0 Å². The van der Waals surface area contributed by atoms with Gasteiger partial charge < -0.3 is 55.2 Å². The molecular formula is C33H39B2N5O14. The van der Waals surface area contributed by atoms with Gasteiger partial charge in [0.2, 0.25) is 5.91 Å². The lowest BCUT2D eigenvalue weighted by Gasteiger charge is -2.34. The zero-order valence-electron chi connectivity index (χ0n) is 28.9. The summed E-state index contributed by atoms with van der Waals surface area (Å²) < 4.78 is 15.9. The number of carboxylic acids is 2. The number of nitrogens with zero attached hydrogens (tertiary/aromatic N) is 2. The second-order valence-corrected chi connectivity index (χ2v) is 13.0. The number of rotatable bonds is 12. The third-order valence-corrected chi connectivity index (χ3v) is 9.11. The minimum Gasteiger partial charge on any atom is -0.481 e. The number of carbonyl (C=O) groups excluding carboxylic acids is 5. The van der Waals surface area contributed by atoms with Crippen LogP contribution >= 0.6 is 0 Å². The van der Waals surface area contributed by atoms with Gasteiger partial charge in [-0.1, -0.05) is 42.5 Å². The van der Waals surface area contributed by atoms with Crippen molar-refractivity contribution in [3.63, 3.8) is 0 Å². The molecule has 0 aliphatic carbocycles. The quantitative estimate of drug-likeness (QED) is 0.109. The summed E-state index contributed by atoms with van der Waals surface area (Å²) in [6.07, 6.45) is -1.85. The maximum Gasteiger partial charge on any atom is 0.478 e. The average molecular weight is 751 g/mol. The Bertz CT molecular complexity index is 1740. The highest BCUT2D eigenvalue weighted by Gasteiger charge is 2.41. The average Bonchev–Trinajstić information content (AvgIpc) is 3.13. The second-order valence-electron chi connectivity index (χ2n) is 13.0. The first-order chi connectivity index (χ1) is 25.8. The number of piperazine rings is 1. The highest BCUT2D eigenvalue weighted by Crippen LogP contribution is 2.24. The summed E-state index contributed by atoms with van der Waals surface area (Å²) in [5.41, 5.74) is 1.08. The Hall–Kier alpha value is -5.50. The van der Waals surface area contributed by atoms with Gasteiger partial charge >= 0.3 is 50.1 Å². The highest BCUT2D eigenvalue weighted by atomic mass is 16.6. The number of benzene rings is 2. The molecule has 5 rings (SSSR count). The van der Waals surface area contributed by atoms with Crippen LogP contribution in [0.25, 0.3) is 0 Å². The number of amides is 6. The van der Waals surface area contributed by atoms with Crippen LogP contribution in [0, 0.1) is 0 Å². The monoisotopic (exact) mass is 751 g/mol. The van der Waals surface area contributed by atoms with Gasteiger partial charge in [-0.15, -0.1) is 0 Å². The number of urea groups is 1. The number of alkyl carbamates (subject to hydrolysis) is 1. The van der Waals surface area contributed by atoms with E-state index in [9.17, 15) is 43.6 Å². The van der Waals surface area contributed by atoms with Crippen molar-refractivity contribution in [3.05, 3.63) is 65.7 Å². The molecule has 0 radical (unpaired) electrons. The third kappa shape index (κ3) is 10.3. The number of carbonyl (C=O) groups is 7. The minimum atomic E-state index is -1.50. The Morgan fingerprint density at radius 1 is 0.796 bits per heavy atom. The van der Waals surface area contributed by atoms with Crippen molar-refractivity contribution in [2.45, 2.75) is 75.3 Å². The maximum absolute atomic E-state index is 13.5. The van der Waals surface area contributed by atoms with Gasteiger partial charge in [0.05, 0.1) is 36.9 Å². The van der Waals surface area contributed by atoms with E-state index in [0.29, 0.717) is 22.4 Å². The summed E-state index contributed by atoms with van der Waals surface area (Å²) in [5.74, 6) is -6.82. The lowest BCUT2D eigenvalue weighted by Crippen LogP contribution is -2.60. The van der Waals surface area contributed by atoms with Crippen molar-refractivity contribution in [2.24, 2.45) is 0 Å². The number of ether oxygens (including phenoxy) is 1. The van der Waals surface area contributed by atoms with Crippen LogP contribution < -0.4 is 20.9 Å². The Morgan fingerprint density at radius 3 is 2.00 bits per heavy atom. The van der Waals surface area contributed by atoms with E-state index < -0.39 is 86.2 Å². The van der Waals surface area contributed by atoms with E-state index in [1.807, 2.05) is 0 Å². The van der Waals surface area contributed by atoms with Gasteiger partial charge in [-0.3, -0.25) is 28.9 Å². The molecule has 0 bridgehead atoms. The number of hydrogen-bond donors (Lipinski definition) is 7. The van der Waals surface area contributed by atoms with Crippen LogP contribution in [0.15, 0.2) is 54.6 Å². The number of carboxylic acid groups (broad SMARTS) is 2. The summed E-state index contributed by atoms with van der Waals surface area (Å²) in [5, 5.41) is 46.1.